The van der Waals surface area contributed by atoms with E-state index in [2.05, 4.69) is 26.2 Å². The second kappa shape index (κ2) is 10.2. The predicted octanol–water partition coefficient (Wildman–Crippen LogP) is 5.47. The molecule has 1 N–H and O–H groups in total. The first kappa shape index (κ1) is 23.9. The second-order valence-electron chi connectivity index (χ2n) is 10.5. The summed E-state index contributed by atoms with van der Waals surface area (Å²) in [6.07, 6.45) is 6.32. The van der Waals surface area contributed by atoms with Crippen molar-refractivity contribution in [3.05, 3.63) is 72.4 Å². The summed E-state index contributed by atoms with van der Waals surface area (Å²) < 4.78 is 11.1. The molecular formula is C31H31N5O3. The van der Waals surface area contributed by atoms with Gasteiger partial charge < -0.3 is 24.6 Å². The lowest BCUT2D eigenvalue weighted by atomic mass is 9.99. The zero-order valence-electron chi connectivity index (χ0n) is 21.8. The molecule has 4 aromatic rings. The minimum atomic E-state index is 0.0657. The van der Waals surface area contributed by atoms with Gasteiger partial charge in [0.25, 0.3) is 5.91 Å². The Morgan fingerprint density at radius 3 is 2.62 bits per heavy atom. The van der Waals surface area contributed by atoms with E-state index >= 15 is 0 Å². The normalized spacial score (nSPS) is 18.7. The quantitative estimate of drug-likeness (QED) is 0.360. The van der Waals surface area contributed by atoms with Gasteiger partial charge in [-0.05, 0) is 92.4 Å². The number of amides is 1. The minimum Gasteiger partial charge on any atom is -0.454 e. The van der Waals surface area contributed by atoms with E-state index in [0.717, 1.165) is 72.5 Å². The van der Waals surface area contributed by atoms with E-state index in [1.54, 1.807) is 6.20 Å². The summed E-state index contributed by atoms with van der Waals surface area (Å²) in [6.45, 7) is 4.24. The Bertz CT molecular complexity index is 1520. The van der Waals surface area contributed by atoms with E-state index in [-0.39, 0.29) is 18.7 Å². The summed E-state index contributed by atoms with van der Waals surface area (Å²) in [4.78, 5) is 28.1. The van der Waals surface area contributed by atoms with Crippen LogP contribution in [0.5, 0.6) is 11.5 Å². The van der Waals surface area contributed by atoms with Gasteiger partial charge in [0.15, 0.2) is 11.5 Å². The lowest BCUT2D eigenvalue weighted by molar-refractivity contribution is 0.0710. The molecule has 0 bridgehead atoms. The van der Waals surface area contributed by atoms with E-state index in [4.69, 9.17) is 14.5 Å². The number of fused-ring (bicyclic) bond motifs is 2. The number of carbonyl (C=O) groups excluding carboxylic acids is 1. The fourth-order valence-corrected chi connectivity index (χ4v) is 6.00. The van der Waals surface area contributed by atoms with Crippen molar-refractivity contribution < 1.29 is 14.3 Å². The number of hydrogen-bond acceptors (Lipinski definition) is 7. The molecule has 0 spiro atoms. The first-order valence-electron chi connectivity index (χ1n) is 13.8. The summed E-state index contributed by atoms with van der Waals surface area (Å²) in [5, 5.41) is 4.14. The second-order valence-corrected chi connectivity index (χ2v) is 10.5. The average molecular weight is 522 g/mol. The molecule has 0 saturated carbocycles. The number of ether oxygens (including phenoxy) is 2. The Balaban J connectivity index is 1.28. The molecule has 2 aromatic carbocycles. The van der Waals surface area contributed by atoms with Crippen molar-refractivity contribution >= 4 is 28.4 Å². The van der Waals surface area contributed by atoms with Crippen LogP contribution in [-0.2, 0) is 0 Å². The van der Waals surface area contributed by atoms with Gasteiger partial charge >= 0.3 is 0 Å². The smallest absolute Gasteiger partial charge is 0.254 e. The monoisotopic (exact) mass is 521 g/mol. The van der Waals surface area contributed by atoms with Gasteiger partial charge in [0.1, 0.15) is 11.6 Å². The van der Waals surface area contributed by atoms with Gasteiger partial charge in [0.2, 0.25) is 6.79 Å². The Labute approximate surface area is 227 Å². The number of nitrogens with zero attached hydrogens (tertiary/aromatic N) is 4. The lowest BCUT2D eigenvalue weighted by Crippen LogP contribution is -2.42. The van der Waals surface area contributed by atoms with Crippen molar-refractivity contribution in [2.24, 2.45) is 0 Å². The summed E-state index contributed by atoms with van der Waals surface area (Å²) in [6, 6.07) is 19.9. The van der Waals surface area contributed by atoms with Crippen LogP contribution in [0.4, 0.5) is 11.6 Å². The molecule has 0 aliphatic carbocycles. The number of likely N-dealkylation sites (tertiary alicyclic amines) is 2. The van der Waals surface area contributed by atoms with E-state index < -0.39 is 0 Å². The molecular weight excluding hydrogens is 490 g/mol. The number of anilines is 2. The van der Waals surface area contributed by atoms with Crippen LogP contribution in [0.15, 0.2) is 66.9 Å². The molecule has 2 fully saturated rings. The highest BCUT2D eigenvalue weighted by atomic mass is 16.7. The van der Waals surface area contributed by atoms with E-state index in [9.17, 15) is 4.79 Å². The Morgan fingerprint density at radius 2 is 1.74 bits per heavy atom. The third kappa shape index (κ3) is 4.76. The van der Waals surface area contributed by atoms with Gasteiger partial charge in [-0.2, -0.15) is 0 Å². The molecule has 8 heteroatoms. The zero-order valence-corrected chi connectivity index (χ0v) is 21.8. The highest BCUT2D eigenvalue weighted by Crippen LogP contribution is 2.37. The maximum Gasteiger partial charge on any atom is 0.254 e. The van der Waals surface area contributed by atoms with E-state index in [1.165, 1.54) is 12.8 Å². The van der Waals surface area contributed by atoms with Crippen LogP contribution in [0.1, 0.15) is 36.0 Å². The SMILES string of the molecule is O=C(c1cc(Nc2ccccn2)nc2ccc(-c3ccc4c(c3)OCO4)cc12)N1CCC[C@H]1CN1CCCC1. The molecule has 39 heavy (non-hydrogen) atoms. The molecule has 1 amide bonds. The maximum absolute atomic E-state index is 14.3. The molecule has 2 aromatic heterocycles. The van der Waals surface area contributed by atoms with Gasteiger partial charge in [-0.15, -0.1) is 0 Å². The Hall–Kier alpha value is -4.17. The number of carbonyl (C=O) groups is 1. The number of benzene rings is 2. The highest BCUT2D eigenvalue weighted by Gasteiger charge is 2.32. The van der Waals surface area contributed by atoms with Gasteiger partial charge in [-0.25, -0.2) is 9.97 Å². The van der Waals surface area contributed by atoms with Crippen LogP contribution in [0.3, 0.4) is 0 Å². The van der Waals surface area contributed by atoms with Crippen LogP contribution >= 0.6 is 0 Å². The van der Waals surface area contributed by atoms with Crippen LogP contribution in [0.25, 0.3) is 22.0 Å². The zero-order chi connectivity index (χ0) is 26.2. The predicted molar refractivity (Wildman–Crippen MR) is 151 cm³/mol. The van der Waals surface area contributed by atoms with Crippen LogP contribution in [0.2, 0.25) is 0 Å². The van der Waals surface area contributed by atoms with Gasteiger partial charge in [-0.1, -0.05) is 18.2 Å². The first-order chi connectivity index (χ1) is 19.2. The lowest BCUT2D eigenvalue weighted by Gasteiger charge is -2.29. The standard InChI is InChI=1S/C31H31N5O3/c37-31(36-15-5-6-23(36)19-35-13-3-4-14-35)25-18-30(34-29-7-1-2-12-32-29)33-26-10-8-21(16-24(25)26)22-9-11-27-28(17-22)39-20-38-27/h1-2,7-12,16-18,23H,3-6,13-15,19-20H2,(H,32,33,34)/t23-/m0/s1. The average Bonchev–Trinajstić information content (AvgIpc) is 3.75. The summed E-state index contributed by atoms with van der Waals surface area (Å²) in [7, 11) is 0. The molecule has 198 valence electrons. The molecule has 8 nitrogen and oxygen atoms in total. The van der Waals surface area contributed by atoms with Crippen LogP contribution in [0, 0.1) is 0 Å². The van der Waals surface area contributed by atoms with Crippen molar-refractivity contribution in [2.75, 3.05) is 38.3 Å². The number of rotatable bonds is 6. The first-order valence-corrected chi connectivity index (χ1v) is 13.8. The van der Waals surface area contributed by atoms with E-state index in [1.807, 2.05) is 54.6 Å². The molecule has 0 radical (unpaired) electrons. The topological polar surface area (TPSA) is 79.8 Å². The summed E-state index contributed by atoms with van der Waals surface area (Å²) >= 11 is 0. The van der Waals surface area contributed by atoms with Crippen molar-refractivity contribution in [3.8, 4) is 22.6 Å². The molecule has 2 saturated heterocycles. The Morgan fingerprint density at radius 1 is 0.897 bits per heavy atom. The molecule has 7 rings (SSSR count). The Kier molecular flexibility index (Phi) is 6.25. The highest BCUT2D eigenvalue weighted by molar-refractivity contribution is 6.08. The molecule has 5 heterocycles. The van der Waals surface area contributed by atoms with Crippen LogP contribution in [-0.4, -0.2) is 64.7 Å². The van der Waals surface area contributed by atoms with Crippen molar-refractivity contribution in [1.29, 1.82) is 0 Å². The van der Waals surface area contributed by atoms with Crippen LogP contribution < -0.4 is 14.8 Å². The van der Waals surface area contributed by atoms with Crippen molar-refractivity contribution in [1.82, 2.24) is 19.8 Å². The molecule has 3 aliphatic heterocycles. The minimum absolute atomic E-state index is 0.0657. The fraction of sp³-hybridized carbons (Fsp3) is 0.323. The van der Waals surface area contributed by atoms with E-state index in [0.29, 0.717) is 17.2 Å². The van der Waals surface area contributed by atoms with Crippen molar-refractivity contribution in [2.45, 2.75) is 31.7 Å². The number of hydrogen-bond donors (Lipinski definition) is 1. The summed E-state index contributed by atoms with van der Waals surface area (Å²) in [5.74, 6) is 2.85. The molecule has 1 atom stereocenters. The number of pyridine rings is 2. The molecule has 0 unspecified atom stereocenters. The number of nitrogens with one attached hydrogen (secondary N) is 1. The van der Waals surface area contributed by atoms with Gasteiger partial charge in [0.05, 0.1) is 11.1 Å². The summed E-state index contributed by atoms with van der Waals surface area (Å²) in [5.41, 5.74) is 3.42. The number of aromatic nitrogens is 2. The van der Waals surface area contributed by atoms with Gasteiger partial charge in [0, 0.05) is 30.7 Å². The van der Waals surface area contributed by atoms with Gasteiger partial charge in [-0.3, -0.25) is 4.79 Å². The maximum atomic E-state index is 14.3. The third-order valence-corrected chi connectivity index (χ3v) is 7.97. The largest absolute Gasteiger partial charge is 0.454 e. The molecule has 3 aliphatic rings. The third-order valence-electron chi connectivity index (χ3n) is 7.97. The fourth-order valence-electron chi connectivity index (χ4n) is 6.00. The van der Waals surface area contributed by atoms with Crippen molar-refractivity contribution in [3.63, 3.8) is 0 Å².